The van der Waals surface area contributed by atoms with Crippen LogP contribution < -0.4 is 5.73 Å². The van der Waals surface area contributed by atoms with Crippen LogP contribution in [0.2, 0.25) is 0 Å². The first-order chi connectivity index (χ1) is 8.04. The Labute approximate surface area is 104 Å². The predicted octanol–water partition coefficient (Wildman–Crippen LogP) is 1.10. The van der Waals surface area contributed by atoms with E-state index in [1.807, 2.05) is 6.92 Å². The molecule has 0 saturated carbocycles. The van der Waals surface area contributed by atoms with Gasteiger partial charge in [-0.05, 0) is 33.1 Å². The highest BCUT2D eigenvalue weighted by Gasteiger charge is 2.28. The highest BCUT2D eigenvalue weighted by atomic mass is 16.5. The van der Waals surface area contributed by atoms with E-state index in [0.717, 1.165) is 12.8 Å². The summed E-state index contributed by atoms with van der Waals surface area (Å²) in [4.78, 5) is 11.3. The number of nitrogens with two attached hydrogens (primary N) is 1. The van der Waals surface area contributed by atoms with E-state index in [1.54, 1.807) is 6.92 Å². The molecule has 2 N–H and O–H groups in total. The molecule has 0 radical (unpaired) electrons. The summed E-state index contributed by atoms with van der Waals surface area (Å²) in [6.45, 7) is 6.28. The minimum absolute atomic E-state index is 0.366. The molecule has 1 atom stereocenters. The topological polar surface area (TPSA) is 70.8 Å². The molecule has 5 heteroatoms. The van der Waals surface area contributed by atoms with Crippen LogP contribution in [0.15, 0.2) is 0 Å². The van der Waals surface area contributed by atoms with E-state index in [1.165, 1.54) is 7.11 Å². The lowest BCUT2D eigenvalue weighted by atomic mass is 9.96. The molecule has 5 nitrogen and oxygen atoms in total. The second kappa shape index (κ2) is 9.39. The lowest BCUT2D eigenvalue weighted by Crippen LogP contribution is -2.45. The molecule has 102 valence electrons. The summed E-state index contributed by atoms with van der Waals surface area (Å²) in [7, 11) is 1.35. The summed E-state index contributed by atoms with van der Waals surface area (Å²) in [6.07, 6.45) is 2.33. The van der Waals surface area contributed by atoms with Crippen LogP contribution in [0.4, 0.5) is 0 Å². The van der Waals surface area contributed by atoms with Crippen molar-refractivity contribution in [1.82, 2.24) is 0 Å². The predicted molar refractivity (Wildman–Crippen MR) is 65.8 cm³/mol. The van der Waals surface area contributed by atoms with Crippen LogP contribution >= 0.6 is 0 Å². The van der Waals surface area contributed by atoms with Gasteiger partial charge in [-0.15, -0.1) is 0 Å². The Hall–Kier alpha value is -0.650. The van der Waals surface area contributed by atoms with Crippen LogP contribution in [-0.2, 0) is 19.0 Å². The van der Waals surface area contributed by atoms with Gasteiger partial charge in [0, 0.05) is 13.2 Å². The van der Waals surface area contributed by atoms with E-state index in [0.29, 0.717) is 32.8 Å². The van der Waals surface area contributed by atoms with Gasteiger partial charge < -0.3 is 19.9 Å². The van der Waals surface area contributed by atoms with E-state index >= 15 is 0 Å². The molecule has 0 spiro atoms. The smallest absolute Gasteiger partial charge is 0.325 e. The third-order valence-electron chi connectivity index (χ3n) is 2.46. The third-order valence-corrected chi connectivity index (χ3v) is 2.46. The van der Waals surface area contributed by atoms with Gasteiger partial charge in [0.25, 0.3) is 0 Å². The second-order valence-electron chi connectivity index (χ2n) is 4.18. The van der Waals surface area contributed by atoms with Crippen molar-refractivity contribution in [3.05, 3.63) is 0 Å². The molecular formula is C12H25NO4. The number of carbonyl (C=O) groups is 1. The van der Waals surface area contributed by atoms with Crippen molar-refractivity contribution in [2.45, 2.75) is 38.6 Å². The monoisotopic (exact) mass is 247 g/mol. The van der Waals surface area contributed by atoms with Gasteiger partial charge >= 0.3 is 5.97 Å². The molecule has 17 heavy (non-hydrogen) atoms. The van der Waals surface area contributed by atoms with E-state index in [9.17, 15) is 4.79 Å². The van der Waals surface area contributed by atoms with Crippen molar-refractivity contribution < 1.29 is 19.0 Å². The molecule has 0 rings (SSSR count). The quantitative estimate of drug-likeness (QED) is 0.462. The summed E-state index contributed by atoms with van der Waals surface area (Å²) in [5.74, 6) is -0.366. The highest BCUT2D eigenvalue weighted by Crippen LogP contribution is 2.12. The Morgan fingerprint density at radius 3 is 2.41 bits per heavy atom. The van der Waals surface area contributed by atoms with Crippen LogP contribution in [0.25, 0.3) is 0 Å². The number of methoxy groups -OCH3 is 1. The number of ether oxygens (including phenoxy) is 3. The van der Waals surface area contributed by atoms with Crippen molar-refractivity contribution in [3.63, 3.8) is 0 Å². The molecule has 0 aliphatic rings. The van der Waals surface area contributed by atoms with Crippen molar-refractivity contribution in [2.24, 2.45) is 5.73 Å². The Morgan fingerprint density at radius 2 is 1.82 bits per heavy atom. The zero-order valence-electron chi connectivity index (χ0n) is 11.2. The van der Waals surface area contributed by atoms with Crippen LogP contribution in [0.5, 0.6) is 0 Å². The van der Waals surface area contributed by atoms with Crippen LogP contribution in [-0.4, -0.2) is 45.0 Å². The van der Waals surface area contributed by atoms with Gasteiger partial charge in [-0.3, -0.25) is 4.79 Å². The maximum absolute atomic E-state index is 11.3. The van der Waals surface area contributed by atoms with Crippen molar-refractivity contribution >= 4 is 5.97 Å². The molecule has 0 aliphatic carbocycles. The highest BCUT2D eigenvalue weighted by molar-refractivity contribution is 5.79. The molecular weight excluding hydrogens is 222 g/mol. The molecule has 0 aliphatic heterocycles. The standard InChI is InChI=1S/C12H25NO4/c1-4-16-9-10-17-8-6-5-7-12(2,13)11(14)15-3/h4-10,13H2,1-3H3. The first-order valence-corrected chi connectivity index (χ1v) is 6.07. The number of unbranched alkanes of at least 4 members (excludes halogenated alkanes) is 1. The number of carbonyl (C=O) groups excluding carboxylic acids is 1. The molecule has 0 aromatic carbocycles. The number of rotatable bonds is 10. The lowest BCUT2D eigenvalue weighted by molar-refractivity contribution is -0.146. The summed E-state index contributed by atoms with van der Waals surface area (Å²) in [5, 5.41) is 0. The molecule has 0 amide bonds. The number of esters is 1. The average molecular weight is 247 g/mol. The van der Waals surface area contributed by atoms with Gasteiger partial charge in [-0.1, -0.05) is 0 Å². The lowest BCUT2D eigenvalue weighted by Gasteiger charge is -2.20. The fourth-order valence-corrected chi connectivity index (χ4v) is 1.40. The SMILES string of the molecule is CCOCCOCCCCC(C)(N)C(=O)OC. The molecule has 0 heterocycles. The minimum Gasteiger partial charge on any atom is -0.468 e. The third kappa shape index (κ3) is 8.12. The van der Waals surface area contributed by atoms with Crippen LogP contribution in [0.3, 0.4) is 0 Å². The van der Waals surface area contributed by atoms with Crippen molar-refractivity contribution in [2.75, 3.05) is 33.5 Å². The molecule has 0 fully saturated rings. The maximum atomic E-state index is 11.3. The number of hydrogen-bond donors (Lipinski definition) is 1. The van der Waals surface area contributed by atoms with Crippen LogP contribution in [0, 0.1) is 0 Å². The molecule has 1 unspecified atom stereocenters. The van der Waals surface area contributed by atoms with Gasteiger partial charge in [0.05, 0.1) is 20.3 Å². The van der Waals surface area contributed by atoms with Crippen LogP contribution in [0.1, 0.15) is 33.1 Å². The largest absolute Gasteiger partial charge is 0.468 e. The summed E-state index contributed by atoms with van der Waals surface area (Å²) in [5.41, 5.74) is 4.93. The summed E-state index contributed by atoms with van der Waals surface area (Å²) in [6, 6.07) is 0. The number of hydrogen-bond acceptors (Lipinski definition) is 5. The Bertz CT molecular complexity index is 207. The molecule has 0 bridgehead atoms. The van der Waals surface area contributed by atoms with E-state index in [-0.39, 0.29) is 5.97 Å². The van der Waals surface area contributed by atoms with Gasteiger partial charge in [-0.25, -0.2) is 0 Å². The first-order valence-electron chi connectivity index (χ1n) is 6.07. The van der Waals surface area contributed by atoms with Gasteiger partial charge in [0.1, 0.15) is 5.54 Å². The summed E-state index contributed by atoms with van der Waals surface area (Å²) >= 11 is 0. The van der Waals surface area contributed by atoms with Crippen molar-refractivity contribution in [3.8, 4) is 0 Å². The average Bonchev–Trinajstić information content (AvgIpc) is 2.31. The minimum atomic E-state index is -0.889. The molecule has 0 aromatic heterocycles. The Morgan fingerprint density at radius 1 is 1.18 bits per heavy atom. The first kappa shape index (κ1) is 16.4. The fourth-order valence-electron chi connectivity index (χ4n) is 1.40. The maximum Gasteiger partial charge on any atom is 0.325 e. The second-order valence-corrected chi connectivity index (χ2v) is 4.18. The van der Waals surface area contributed by atoms with Crippen molar-refractivity contribution in [1.29, 1.82) is 0 Å². The Balaban J connectivity index is 3.42. The summed E-state index contributed by atoms with van der Waals surface area (Å²) < 4.78 is 15.1. The zero-order valence-corrected chi connectivity index (χ0v) is 11.2. The normalized spacial score (nSPS) is 14.4. The Kier molecular flexibility index (Phi) is 9.03. The molecule has 0 aromatic rings. The van der Waals surface area contributed by atoms with Gasteiger partial charge in [-0.2, -0.15) is 0 Å². The van der Waals surface area contributed by atoms with Gasteiger partial charge in [0.15, 0.2) is 0 Å². The van der Waals surface area contributed by atoms with Gasteiger partial charge in [0.2, 0.25) is 0 Å². The zero-order chi connectivity index (χ0) is 13.1. The van der Waals surface area contributed by atoms with E-state index in [2.05, 4.69) is 4.74 Å². The van der Waals surface area contributed by atoms with E-state index < -0.39 is 5.54 Å². The van der Waals surface area contributed by atoms with E-state index in [4.69, 9.17) is 15.2 Å². The fraction of sp³-hybridized carbons (Fsp3) is 0.917. The molecule has 0 saturated heterocycles.